The molecule has 0 spiro atoms. The molecule has 0 unspecified atom stereocenters. The van der Waals surface area contributed by atoms with E-state index in [1.165, 1.54) is 0 Å². The van der Waals surface area contributed by atoms with Crippen molar-refractivity contribution in [1.82, 2.24) is 0 Å². The molecule has 1 rings (SSSR count). The van der Waals surface area contributed by atoms with Gasteiger partial charge in [0.05, 0.1) is 0 Å². The van der Waals surface area contributed by atoms with Crippen molar-refractivity contribution in [3.05, 3.63) is 0 Å². The van der Waals surface area contributed by atoms with Gasteiger partial charge in [-0.05, 0) is 0 Å². The van der Waals surface area contributed by atoms with Crippen LogP contribution in [0.25, 0.3) is 0 Å². The summed E-state index contributed by atoms with van der Waals surface area (Å²) in [5, 5.41) is 26.8. The first kappa shape index (κ1) is 9.11. The highest BCUT2D eigenvalue weighted by atomic mass is 16.6. The van der Waals surface area contributed by atoms with Crippen LogP contribution in [0.15, 0.2) is 0 Å². The highest BCUT2D eigenvalue weighted by Crippen LogP contribution is 2.14. The van der Waals surface area contributed by atoms with E-state index in [9.17, 15) is 9.59 Å². The topological polar surface area (TPSA) is 104 Å². The molecule has 0 saturated carbocycles. The lowest BCUT2D eigenvalue weighted by Crippen LogP contribution is -2.56. The highest BCUT2D eigenvalue weighted by Gasteiger charge is 2.43. The molecule has 1 heterocycles. The predicted molar refractivity (Wildman–Crippen MR) is 34.0 cm³/mol. The van der Waals surface area contributed by atoms with Crippen molar-refractivity contribution >= 4 is 12.3 Å². The van der Waals surface area contributed by atoms with Gasteiger partial charge in [-0.3, -0.25) is 4.79 Å². The second kappa shape index (κ2) is 3.18. The molecule has 1 saturated heterocycles. The molecule has 0 radical (unpaired) electrons. The molecule has 0 bridgehead atoms. The van der Waals surface area contributed by atoms with E-state index in [1.54, 1.807) is 0 Å². The third-order valence-electron chi connectivity index (χ3n) is 1.64. The maximum absolute atomic E-state index is 10.6. The van der Waals surface area contributed by atoms with Crippen molar-refractivity contribution in [1.29, 1.82) is 0 Å². The molecule has 0 amide bonds. The van der Waals surface area contributed by atoms with E-state index < -0.39 is 30.4 Å². The maximum atomic E-state index is 10.6. The number of hydrogen-bond donors (Lipinski definition) is 3. The molecule has 1 aliphatic heterocycles. The Kier molecular flexibility index (Phi) is 2.41. The van der Waals surface area contributed by atoms with Crippen LogP contribution in [0.4, 0.5) is 0 Å². The molecular weight excluding hydrogens is 168 g/mol. The molecule has 4 atom stereocenters. The van der Waals surface area contributed by atoms with Gasteiger partial charge >= 0.3 is 5.97 Å². The lowest BCUT2D eigenvalue weighted by Gasteiger charge is -2.31. The number of rotatable bonds is 1. The molecule has 6 heteroatoms. The van der Waals surface area contributed by atoms with E-state index in [-0.39, 0.29) is 6.29 Å². The summed E-state index contributed by atoms with van der Waals surface area (Å²) in [6.45, 7) is 0. The summed E-state index contributed by atoms with van der Waals surface area (Å²) in [5.41, 5.74) is 0. The van der Waals surface area contributed by atoms with E-state index in [0.717, 1.165) is 0 Å². The Labute approximate surface area is 67.4 Å². The first-order chi connectivity index (χ1) is 5.57. The summed E-state index contributed by atoms with van der Waals surface area (Å²) in [6.07, 6.45) is -6.21. The standard InChI is InChI=1S/C6H8O6/c7-1-2-3(8)4(9)5(10)6(11)12-2/h1-5,8-10H/t2-,3-,4+,5+/m1/s1. The predicted octanol–water partition coefficient (Wildman–Crippen LogP) is -2.81. The number of aliphatic hydroxyl groups excluding tert-OH is 3. The van der Waals surface area contributed by atoms with Crippen molar-refractivity contribution < 1.29 is 29.6 Å². The summed E-state index contributed by atoms with van der Waals surface area (Å²) >= 11 is 0. The van der Waals surface area contributed by atoms with Crippen LogP contribution in [0.3, 0.4) is 0 Å². The number of aldehydes is 1. The van der Waals surface area contributed by atoms with Crippen molar-refractivity contribution in [3.8, 4) is 0 Å². The zero-order chi connectivity index (χ0) is 9.30. The Morgan fingerprint density at radius 1 is 1.25 bits per heavy atom. The molecule has 0 aromatic carbocycles. The van der Waals surface area contributed by atoms with Crippen molar-refractivity contribution in [3.63, 3.8) is 0 Å². The third-order valence-corrected chi connectivity index (χ3v) is 1.64. The van der Waals surface area contributed by atoms with Crippen LogP contribution in [-0.4, -0.2) is 52.0 Å². The Morgan fingerprint density at radius 2 is 1.83 bits per heavy atom. The number of esters is 1. The van der Waals surface area contributed by atoms with Gasteiger partial charge in [-0.15, -0.1) is 0 Å². The average molecular weight is 176 g/mol. The minimum absolute atomic E-state index is 0.192. The largest absolute Gasteiger partial charge is 0.450 e. The second-order valence-electron chi connectivity index (χ2n) is 2.46. The monoisotopic (exact) mass is 176 g/mol. The van der Waals surface area contributed by atoms with Crippen LogP contribution in [0.1, 0.15) is 0 Å². The molecule has 3 N–H and O–H groups in total. The molecule has 1 aliphatic rings. The molecule has 0 aromatic heterocycles. The Hall–Kier alpha value is -0.980. The molecular formula is C6H8O6. The van der Waals surface area contributed by atoms with Crippen LogP contribution in [0.2, 0.25) is 0 Å². The van der Waals surface area contributed by atoms with Gasteiger partial charge in [0.25, 0.3) is 0 Å². The third kappa shape index (κ3) is 1.31. The Bertz CT molecular complexity index is 200. The molecule has 0 aromatic rings. The van der Waals surface area contributed by atoms with Crippen molar-refractivity contribution in [2.75, 3.05) is 0 Å². The van der Waals surface area contributed by atoms with Crippen molar-refractivity contribution in [2.45, 2.75) is 24.4 Å². The van der Waals surface area contributed by atoms with Crippen LogP contribution in [0.5, 0.6) is 0 Å². The molecule has 12 heavy (non-hydrogen) atoms. The van der Waals surface area contributed by atoms with E-state index in [2.05, 4.69) is 4.74 Å². The molecule has 6 nitrogen and oxygen atoms in total. The van der Waals surface area contributed by atoms with Gasteiger partial charge in [0.1, 0.15) is 12.2 Å². The number of carbonyl (C=O) groups excluding carboxylic acids is 2. The van der Waals surface area contributed by atoms with Gasteiger partial charge in [-0.25, -0.2) is 4.79 Å². The van der Waals surface area contributed by atoms with E-state index in [0.29, 0.717) is 0 Å². The fourth-order valence-electron chi connectivity index (χ4n) is 0.902. The van der Waals surface area contributed by atoms with Gasteiger partial charge in [0, 0.05) is 0 Å². The number of ether oxygens (including phenoxy) is 1. The summed E-state index contributed by atoms with van der Waals surface area (Å²) in [4.78, 5) is 20.8. The van der Waals surface area contributed by atoms with E-state index in [1.807, 2.05) is 0 Å². The zero-order valence-electron chi connectivity index (χ0n) is 5.95. The Morgan fingerprint density at radius 3 is 2.33 bits per heavy atom. The number of cyclic esters (lactones) is 1. The SMILES string of the molecule is O=C[C@H]1OC(=O)[C@@H](O)[C@@H](O)[C@@H]1O. The summed E-state index contributed by atoms with van der Waals surface area (Å²) < 4.78 is 4.26. The van der Waals surface area contributed by atoms with Crippen LogP contribution in [-0.2, 0) is 14.3 Å². The smallest absolute Gasteiger partial charge is 0.338 e. The van der Waals surface area contributed by atoms with Crippen LogP contribution < -0.4 is 0 Å². The Balaban J connectivity index is 2.76. The van der Waals surface area contributed by atoms with Gasteiger partial charge in [0.15, 0.2) is 18.5 Å². The maximum Gasteiger partial charge on any atom is 0.338 e. The van der Waals surface area contributed by atoms with E-state index >= 15 is 0 Å². The highest BCUT2D eigenvalue weighted by molar-refractivity contribution is 5.79. The minimum atomic E-state index is -1.78. The number of aliphatic hydroxyl groups is 3. The first-order valence-corrected chi connectivity index (χ1v) is 3.28. The van der Waals surface area contributed by atoms with Gasteiger partial charge in [0.2, 0.25) is 0 Å². The minimum Gasteiger partial charge on any atom is -0.450 e. The fourth-order valence-corrected chi connectivity index (χ4v) is 0.902. The van der Waals surface area contributed by atoms with Gasteiger partial charge in [-0.1, -0.05) is 0 Å². The number of hydrogen-bond acceptors (Lipinski definition) is 6. The normalized spacial score (nSPS) is 42.1. The molecule has 1 fully saturated rings. The fraction of sp³-hybridized carbons (Fsp3) is 0.667. The lowest BCUT2D eigenvalue weighted by molar-refractivity contribution is -0.200. The van der Waals surface area contributed by atoms with Crippen LogP contribution >= 0.6 is 0 Å². The lowest BCUT2D eigenvalue weighted by atomic mass is 10.0. The second-order valence-corrected chi connectivity index (χ2v) is 2.46. The summed E-state index contributed by atoms with van der Waals surface area (Å²) in [7, 11) is 0. The van der Waals surface area contributed by atoms with Gasteiger partial charge < -0.3 is 20.1 Å². The van der Waals surface area contributed by atoms with E-state index in [4.69, 9.17) is 15.3 Å². The molecule has 68 valence electrons. The van der Waals surface area contributed by atoms with Crippen LogP contribution in [0, 0.1) is 0 Å². The summed E-state index contributed by atoms with van der Waals surface area (Å²) in [6, 6.07) is 0. The molecule has 0 aliphatic carbocycles. The quantitative estimate of drug-likeness (QED) is 0.294. The first-order valence-electron chi connectivity index (χ1n) is 3.28. The summed E-state index contributed by atoms with van der Waals surface area (Å²) in [5.74, 6) is -1.11. The number of carbonyl (C=O) groups is 2. The zero-order valence-corrected chi connectivity index (χ0v) is 5.95. The van der Waals surface area contributed by atoms with Crippen molar-refractivity contribution in [2.24, 2.45) is 0 Å². The van der Waals surface area contributed by atoms with Gasteiger partial charge in [-0.2, -0.15) is 0 Å². The average Bonchev–Trinajstić information content (AvgIpc) is 2.08.